The van der Waals surface area contributed by atoms with E-state index in [4.69, 9.17) is 0 Å². The molecule has 2 aliphatic heterocycles. The fraction of sp³-hybridized carbons (Fsp3) is 0.867. The number of amides is 2. The van der Waals surface area contributed by atoms with Crippen LogP contribution in [0.3, 0.4) is 0 Å². The molecule has 5 nitrogen and oxygen atoms in total. The third-order valence-corrected chi connectivity index (χ3v) is 5.27. The van der Waals surface area contributed by atoms with E-state index in [0.717, 1.165) is 32.4 Å². The zero-order valence-electron chi connectivity index (χ0n) is 12.5. The van der Waals surface area contributed by atoms with Gasteiger partial charge in [0, 0.05) is 20.6 Å². The Hall–Kier alpha value is -1.10. The summed E-state index contributed by atoms with van der Waals surface area (Å²) in [6.45, 7) is 1.71. The molecule has 0 radical (unpaired) electrons. The number of carbonyl (C=O) groups is 2. The fourth-order valence-electron chi connectivity index (χ4n) is 4.22. The Labute approximate surface area is 120 Å². The normalized spacial score (nSPS) is 36.2. The average Bonchev–Trinajstić information content (AvgIpc) is 3.12. The molecule has 3 aliphatic rings. The number of likely N-dealkylation sites (N-methyl/N-ethyl adjacent to an activating group) is 1. The summed E-state index contributed by atoms with van der Waals surface area (Å²) in [4.78, 5) is 28.5. The fourth-order valence-corrected chi connectivity index (χ4v) is 4.22. The maximum atomic E-state index is 12.8. The number of fused-ring (bicyclic) bond motifs is 1. The predicted molar refractivity (Wildman–Crippen MR) is 76.1 cm³/mol. The average molecular weight is 279 g/mol. The second-order valence-corrected chi connectivity index (χ2v) is 6.66. The minimum absolute atomic E-state index is 0.0435. The Balaban J connectivity index is 1.71. The van der Waals surface area contributed by atoms with Gasteiger partial charge in [-0.1, -0.05) is 6.42 Å². The van der Waals surface area contributed by atoms with Gasteiger partial charge in [-0.05, 0) is 44.1 Å². The second kappa shape index (κ2) is 5.35. The maximum Gasteiger partial charge on any atom is 0.244 e. The van der Waals surface area contributed by atoms with Gasteiger partial charge in [0.05, 0.1) is 6.04 Å². The molecule has 3 rings (SSSR count). The maximum absolute atomic E-state index is 12.8. The highest BCUT2D eigenvalue weighted by Gasteiger charge is 2.46. The zero-order valence-corrected chi connectivity index (χ0v) is 12.5. The summed E-state index contributed by atoms with van der Waals surface area (Å²) in [6, 6.07) is -0.280. The van der Waals surface area contributed by atoms with Crippen molar-refractivity contribution < 1.29 is 9.59 Å². The molecule has 0 aromatic carbocycles. The van der Waals surface area contributed by atoms with Gasteiger partial charge in [-0.15, -0.1) is 0 Å². The molecule has 0 spiro atoms. The van der Waals surface area contributed by atoms with E-state index >= 15 is 0 Å². The summed E-state index contributed by atoms with van der Waals surface area (Å²) < 4.78 is 0. The highest BCUT2D eigenvalue weighted by Crippen LogP contribution is 2.38. The highest BCUT2D eigenvalue weighted by molar-refractivity contribution is 5.90. The molecule has 5 heteroatoms. The third-order valence-electron chi connectivity index (χ3n) is 5.27. The van der Waals surface area contributed by atoms with E-state index in [1.54, 1.807) is 19.0 Å². The van der Waals surface area contributed by atoms with E-state index in [2.05, 4.69) is 5.32 Å². The van der Waals surface area contributed by atoms with Crippen molar-refractivity contribution in [3.05, 3.63) is 0 Å². The predicted octanol–water partition coefficient (Wildman–Crippen LogP) is 0.454. The van der Waals surface area contributed by atoms with Gasteiger partial charge in [0.1, 0.15) is 6.04 Å². The van der Waals surface area contributed by atoms with Gasteiger partial charge in [0.15, 0.2) is 0 Å². The van der Waals surface area contributed by atoms with Gasteiger partial charge >= 0.3 is 0 Å². The van der Waals surface area contributed by atoms with Gasteiger partial charge < -0.3 is 15.1 Å². The van der Waals surface area contributed by atoms with Crippen LogP contribution in [0.4, 0.5) is 0 Å². The van der Waals surface area contributed by atoms with Crippen molar-refractivity contribution in [3.8, 4) is 0 Å². The van der Waals surface area contributed by atoms with Crippen LogP contribution in [0.15, 0.2) is 0 Å². The summed E-state index contributed by atoms with van der Waals surface area (Å²) in [5, 5.41) is 3.41. The first-order valence-electron chi connectivity index (χ1n) is 7.84. The lowest BCUT2D eigenvalue weighted by molar-refractivity contribution is -0.143. The van der Waals surface area contributed by atoms with Crippen molar-refractivity contribution in [2.24, 2.45) is 11.8 Å². The first-order valence-corrected chi connectivity index (χ1v) is 7.84. The first-order chi connectivity index (χ1) is 9.59. The molecule has 2 heterocycles. The molecule has 0 aromatic heterocycles. The Morgan fingerprint density at radius 2 is 1.95 bits per heavy atom. The van der Waals surface area contributed by atoms with E-state index in [-0.39, 0.29) is 23.9 Å². The molecule has 1 saturated carbocycles. The lowest BCUT2D eigenvalue weighted by Crippen LogP contribution is -2.52. The van der Waals surface area contributed by atoms with Crippen molar-refractivity contribution in [2.45, 2.75) is 44.2 Å². The quantitative estimate of drug-likeness (QED) is 0.799. The minimum Gasteiger partial charge on any atom is -0.347 e. The van der Waals surface area contributed by atoms with Crippen molar-refractivity contribution >= 4 is 11.8 Å². The Kier molecular flexibility index (Phi) is 3.71. The van der Waals surface area contributed by atoms with E-state index in [1.807, 2.05) is 4.90 Å². The van der Waals surface area contributed by atoms with Crippen molar-refractivity contribution in [1.82, 2.24) is 15.1 Å². The van der Waals surface area contributed by atoms with Crippen LogP contribution in [0.5, 0.6) is 0 Å². The van der Waals surface area contributed by atoms with Crippen molar-refractivity contribution in [2.75, 3.05) is 27.2 Å². The summed E-state index contributed by atoms with van der Waals surface area (Å²) in [5.74, 6) is 1.40. The number of hydrogen-bond acceptors (Lipinski definition) is 3. The lowest BCUT2D eigenvalue weighted by Gasteiger charge is -2.30. The molecule has 20 heavy (non-hydrogen) atoms. The number of nitrogens with zero attached hydrogens (tertiary/aromatic N) is 2. The van der Waals surface area contributed by atoms with Gasteiger partial charge in [-0.2, -0.15) is 0 Å². The molecule has 1 aliphatic carbocycles. The monoisotopic (exact) mass is 279 g/mol. The molecule has 3 fully saturated rings. The molecule has 4 unspecified atom stereocenters. The van der Waals surface area contributed by atoms with Crippen molar-refractivity contribution in [3.63, 3.8) is 0 Å². The molecule has 2 amide bonds. The third kappa shape index (κ3) is 2.22. The number of likely N-dealkylation sites (tertiary alicyclic amines) is 1. The number of nitrogens with one attached hydrogen (secondary N) is 1. The van der Waals surface area contributed by atoms with Crippen LogP contribution < -0.4 is 5.32 Å². The molecule has 112 valence electrons. The molecule has 0 aromatic rings. The smallest absolute Gasteiger partial charge is 0.244 e. The van der Waals surface area contributed by atoms with Crippen LogP contribution >= 0.6 is 0 Å². The van der Waals surface area contributed by atoms with Crippen LogP contribution in [0, 0.1) is 11.8 Å². The van der Waals surface area contributed by atoms with Crippen LogP contribution in [0.25, 0.3) is 0 Å². The SMILES string of the molecule is CN(C)C(=O)C1CCCN1C(=O)C1NCC2CCCC21. The zero-order chi connectivity index (χ0) is 14.3. The second-order valence-electron chi connectivity index (χ2n) is 6.66. The molecular weight excluding hydrogens is 254 g/mol. The van der Waals surface area contributed by atoms with Gasteiger partial charge in [-0.3, -0.25) is 9.59 Å². The number of rotatable bonds is 2. The molecule has 4 atom stereocenters. The van der Waals surface area contributed by atoms with Crippen LogP contribution in [-0.2, 0) is 9.59 Å². The molecule has 0 bridgehead atoms. The number of carbonyl (C=O) groups excluding carboxylic acids is 2. The topological polar surface area (TPSA) is 52.7 Å². The van der Waals surface area contributed by atoms with Gasteiger partial charge in [-0.25, -0.2) is 0 Å². The molecular formula is C15H25N3O2. The van der Waals surface area contributed by atoms with Crippen LogP contribution in [0.2, 0.25) is 0 Å². The Bertz CT molecular complexity index is 410. The van der Waals surface area contributed by atoms with Gasteiger partial charge in [0.25, 0.3) is 0 Å². The summed E-state index contributed by atoms with van der Waals surface area (Å²) in [6.07, 6.45) is 5.41. The van der Waals surface area contributed by atoms with Gasteiger partial charge in [0.2, 0.25) is 11.8 Å². The van der Waals surface area contributed by atoms with Crippen LogP contribution in [0.1, 0.15) is 32.1 Å². The number of hydrogen-bond donors (Lipinski definition) is 1. The lowest BCUT2D eigenvalue weighted by atomic mass is 9.93. The van der Waals surface area contributed by atoms with E-state index in [0.29, 0.717) is 11.8 Å². The van der Waals surface area contributed by atoms with E-state index in [9.17, 15) is 9.59 Å². The highest BCUT2D eigenvalue weighted by atomic mass is 16.2. The standard InChI is InChI=1S/C15H25N3O2/c1-17(2)14(19)12-7-4-8-18(12)15(20)13-11-6-3-5-10(11)9-16-13/h10-13,16H,3-9H2,1-2H3. The Morgan fingerprint density at radius 3 is 2.70 bits per heavy atom. The first kappa shape index (κ1) is 13.9. The summed E-state index contributed by atoms with van der Waals surface area (Å²) in [7, 11) is 3.54. The van der Waals surface area contributed by atoms with Crippen LogP contribution in [-0.4, -0.2) is 60.9 Å². The van der Waals surface area contributed by atoms with Crippen molar-refractivity contribution in [1.29, 1.82) is 0 Å². The summed E-state index contributed by atoms with van der Waals surface area (Å²) >= 11 is 0. The molecule has 2 saturated heterocycles. The van der Waals surface area contributed by atoms with E-state index < -0.39 is 0 Å². The molecule has 1 N–H and O–H groups in total. The Morgan fingerprint density at radius 1 is 1.15 bits per heavy atom. The minimum atomic E-state index is -0.236. The van der Waals surface area contributed by atoms with E-state index in [1.165, 1.54) is 12.8 Å². The summed E-state index contributed by atoms with van der Waals surface area (Å²) in [5.41, 5.74) is 0. The largest absolute Gasteiger partial charge is 0.347 e.